The first-order chi connectivity index (χ1) is 11.6. The second kappa shape index (κ2) is 9.64. The maximum atomic E-state index is 6.43. The highest BCUT2D eigenvalue weighted by Gasteiger charge is 2.26. The van der Waals surface area contributed by atoms with Crippen molar-refractivity contribution in [1.82, 2.24) is 0 Å². The molecule has 0 fully saturated rings. The molecule has 0 aliphatic heterocycles. The van der Waals surface area contributed by atoms with Crippen LogP contribution in [0, 0.1) is 17.8 Å². The maximum Gasteiger partial charge on any atom is 0.0720 e. The van der Waals surface area contributed by atoms with Crippen molar-refractivity contribution >= 4 is 0 Å². The fourth-order valence-corrected chi connectivity index (χ4v) is 3.29. The van der Waals surface area contributed by atoms with Gasteiger partial charge >= 0.3 is 0 Å². The van der Waals surface area contributed by atoms with E-state index in [0.717, 1.165) is 12.8 Å². The van der Waals surface area contributed by atoms with Crippen molar-refractivity contribution < 1.29 is 4.74 Å². The molecule has 1 heteroatoms. The second-order valence-corrected chi connectivity index (χ2v) is 7.56. The zero-order valence-electron chi connectivity index (χ0n) is 15.6. The van der Waals surface area contributed by atoms with E-state index in [2.05, 4.69) is 88.4 Å². The molecule has 0 aliphatic rings. The van der Waals surface area contributed by atoms with E-state index in [-0.39, 0.29) is 0 Å². The minimum absolute atomic E-state index is 0.297. The van der Waals surface area contributed by atoms with Gasteiger partial charge in [-0.3, -0.25) is 0 Å². The molecule has 2 aromatic rings. The van der Waals surface area contributed by atoms with Gasteiger partial charge in [0.25, 0.3) is 0 Å². The molecule has 0 saturated carbocycles. The van der Waals surface area contributed by atoms with Crippen molar-refractivity contribution in [2.24, 2.45) is 17.8 Å². The molecular formula is C23H32O. The summed E-state index contributed by atoms with van der Waals surface area (Å²) in [6.07, 6.45) is 2.50. The Morgan fingerprint density at radius 2 is 1.29 bits per heavy atom. The van der Waals surface area contributed by atoms with Crippen LogP contribution in [0.5, 0.6) is 0 Å². The molecule has 0 N–H and O–H groups in total. The van der Waals surface area contributed by atoms with Crippen LogP contribution in [-0.4, -0.2) is 6.10 Å². The first kappa shape index (κ1) is 18.7. The molecule has 0 aliphatic carbocycles. The van der Waals surface area contributed by atoms with Crippen molar-refractivity contribution in [3.8, 4) is 0 Å². The number of hydrogen-bond donors (Lipinski definition) is 0. The Balaban J connectivity index is 2.09. The zero-order valence-corrected chi connectivity index (χ0v) is 15.6. The first-order valence-electron chi connectivity index (χ1n) is 9.25. The first-order valence-corrected chi connectivity index (χ1v) is 9.25. The molecule has 0 aromatic heterocycles. The minimum atomic E-state index is 0.297. The van der Waals surface area contributed by atoms with E-state index in [0.29, 0.717) is 30.5 Å². The minimum Gasteiger partial charge on any atom is -0.373 e. The zero-order chi connectivity index (χ0) is 17.4. The highest BCUT2D eigenvalue weighted by molar-refractivity contribution is 5.16. The molecule has 2 aromatic carbocycles. The van der Waals surface area contributed by atoms with Crippen molar-refractivity contribution in [3.63, 3.8) is 0 Å². The Morgan fingerprint density at radius 3 is 1.79 bits per heavy atom. The van der Waals surface area contributed by atoms with Crippen LogP contribution < -0.4 is 0 Å². The summed E-state index contributed by atoms with van der Waals surface area (Å²) in [7, 11) is 0. The van der Waals surface area contributed by atoms with Gasteiger partial charge in [-0.2, -0.15) is 0 Å². The smallest absolute Gasteiger partial charge is 0.0720 e. The lowest BCUT2D eigenvalue weighted by Crippen LogP contribution is -2.31. The average molecular weight is 325 g/mol. The molecular weight excluding hydrogens is 292 g/mol. The summed E-state index contributed by atoms with van der Waals surface area (Å²) in [5.74, 6) is 1.78. The summed E-state index contributed by atoms with van der Waals surface area (Å²) in [6, 6.07) is 21.3. The third-order valence-corrected chi connectivity index (χ3v) is 4.66. The number of ether oxygens (including phenoxy) is 1. The van der Waals surface area contributed by atoms with Crippen molar-refractivity contribution in [1.29, 1.82) is 0 Å². The van der Waals surface area contributed by atoms with Crippen molar-refractivity contribution in [2.45, 2.75) is 53.2 Å². The lowest BCUT2D eigenvalue weighted by Gasteiger charge is -2.32. The van der Waals surface area contributed by atoms with E-state index in [9.17, 15) is 0 Å². The van der Waals surface area contributed by atoms with Gasteiger partial charge in [-0.25, -0.2) is 0 Å². The van der Waals surface area contributed by atoms with Gasteiger partial charge in [-0.05, 0) is 41.7 Å². The van der Waals surface area contributed by atoms with Crippen LogP contribution in [0.2, 0.25) is 0 Å². The standard InChI is InChI=1S/C23H32O/c1-18(2)15-23(24-17-21-13-9-6-10-14-21)22(19(3)4)16-20-11-7-5-8-12-20/h5-14,18-19,22-23H,15-17H2,1-4H3/t22?,23-/m1/s1. The molecule has 0 heterocycles. The highest BCUT2D eigenvalue weighted by atomic mass is 16.5. The molecule has 1 nitrogen and oxygen atoms in total. The summed E-state index contributed by atoms with van der Waals surface area (Å²) in [4.78, 5) is 0. The summed E-state index contributed by atoms with van der Waals surface area (Å²) in [6.45, 7) is 9.94. The van der Waals surface area contributed by atoms with Crippen molar-refractivity contribution in [3.05, 3.63) is 71.8 Å². The monoisotopic (exact) mass is 324 g/mol. The van der Waals surface area contributed by atoms with Crippen LogP contribution in [0.1, 0.15) is 45.2 Å². The Kier molecular flexibility index (Phi) is 7.52. The van der Waals surface area contributed by atoms with Gasteiger partial charge in [0.05, 0.1) is 12.7 Å². The normalized spacial score (nSPS) is 14.1. The lowest BCUT2D eigenvalue weighted by atomic mass is 9.81. The van der Waals surface area contributed by atoms with Gasteiger partial charge in [-0.15, -0.1) is 0 Å². The van der Waals surface area contributed by atoms with E-state index >= 15 is 0 Å². The average Bonchev–Trinajstić information content (AvgIpc) is 2.58. The maximum absolute atomic E-state index is 6.43. The molecule has 1 unspecified atom stereocenters. The molecule has 24 heavy (non-hydrogen) atoms. The largest absolute Gasteiger partial charge is 0.373 e. The highest BCUT2D eigenvalue weighted by Crippen LogP contribution is 2.28. The summed E-state index contributed by atoms with van der Waals surface area (Å²) >= 11 is 0. The van der Waals surface area contributed by atoms with E-state index in [4.69, 9.17) is 4.74 Å². The molecule has 0 amide bonds. The van der Waals surface area contributed by atoms with E-state index < -0.39 is 0 Å². The van der Waals surface area contributed by atoms with Gasteiger partial charge in [0.2, 0.25) is 0 Å². The third kappa shape index (κ3) is 6.13. The Morgan fingerprint density at radius 1 is 0.750 bits per heavy atom. The van der Waals surface area contributed by atoms with Crippen LogP contribution >= 0.6 is 0 Å². The van der Waals surface area contributed by atoms with Gasteiger partial charge in [-0.1, -0.05) is 88.4 Å². The third-order valence-electron chi connectivity index (χ3n) is 4.66. The number of hydrogen-bond acceptors (Lipinski definition) is 1. The van der Waals surface area contributed by atoms with Crippen LogP contribution in [-0.2, 0) is 17.8 Å². The second-order valence-electron chi connectivity index (χ2n) is 7.56. The van der Waals surface area contributed by atoms with Crippen molar-refractivity contribution in [2.75, 3.05) is 0 Å². The Labute approximate surface area is 148 Å². The van der Waals surface area contributed by atoms with Crippen LogP contribution in [0.3, 0.4) is 0 Å². The molecule has 130 valence electrons. The SMILES string of the molecule is CC(C)C[C@@H](OCc1ccccc1)C(Cc1ccccc1)C(C)C. The summed E-state index contributed by atoms with van der Waals surface area (Å²) in [5.41, 5.74) is 2.67. The summed E-state index contributed by atoms with van der Waals surface area (Å²) in [5, 5.41) is 0. The molecule has 0 saturated heterocycles. The van der Waals surface area contributed by atoms with Crippen LogP contribution in [0.25, 0.3) is 0 Å². The quantitative estimate of drug-likeness (QED) is 0.539. The molecule has 2 atom stereocenters. The van der Waals surface area contributed by atoms with Gasteiger partial charge < -0.3 is 4.74 Å². The fraction of sp³-hybridized carbons (Fsp3) is 0.478. The molecule has 0 bridgehead atoms. The van der Waals surface area contributed by atoms with Gasteiger partial charge in [0, 0.05) is 0 Å². The van der Waals surface area contributed by atoms with Gasteiger partial charge in [0.15, 0.2) is 0 Å². The van der Waals surface area contributed by atoms with Gasteiger partial charge in [0.1, 0.15) is 0 Å². The fourth-order valence-electron chi connectivity index (χ4n) is 3.29. The predicted octanol–water partition coefficient (Wildman–Crippen LogP) is 6.13. The van der Waals surface area contributed by atoms with E-state index in [1.807, 2.05) is 0 Å². The molecule has 0 spiro atoms. The van der Waals surface area contributed by atoms with E-state index in [1.54, 1.807) is 0 Å². The molecule has 2 rings (SSSR count). The topological polar surface area (TPSA) is 9.23 Å². The predicted molar refractivity (Wildman–Crippen MR) is 103 cm³/mol. The molecule has 0 radical (unpaired) electrons. The Bertz CT molecular complexity index is 559. The van der Waals surface area contributed by atoms with Crippen LogP contribution in [0.15, 0.2) is 60.7 Å². The number of benzene rings is 2. The van der Waals surface area contributed by atoms with Crippen LogP contribution in [0.4, 0.5) is 0 Å². The number of rotatable bonds is 9. The summed E-state index contributed by atoms with van der Waals surface area (Å²) < 4.78 is 6.43. The lowest BCUT2D eigenvalue weighted by molar-refractivity contribution is -0.0251. The Hall–Kier alpha value is -1.60. The van der Waals surface area contributed by atoms with E-state index in [1.165, 1.54) is 11.1 Å².